The average molecular weight is 297 g/mol. The van der Waals surface area contributed by atoms with E-state index in [0.29, 0.717) is 22.4 Å². The van der Waals surface area contributed by atoms with Gasteiger partial charge in [-0.15, -0.1) is 0 Å². The second-order valence-electron chi connectivity index (χ2n) is 5.53. The van der Waals surface area contributed by atoms with Gasteiger partial charge >= 0.3 is 6.18 Å². The van der Waals surface area contributed by atoms with Crippen LogP contribution in [0.25, 0.3) is 11.0 Å². The highest BCUT2D eigenvalue weighted by Crippen LogP contribution is 2.50. The first-order valence-electron chi connectivity index (χ1n) is 6.68. The third-order valence-electron chi connectivity index (χ3n) is 4.28. The Kier molecular flexibility index (Phi) is 3.04. The van der Waals surface area contributed by atoms with Gasteiger partial charge in [-0.25, -0.2) is 9.97 Å². The zero-order valence-electron chi connectivity index (χ0n) is 11.6. The van der Waals surface area contributed by atoms with Crippen molar-refractivity contribution < 1.29 is 13.2 Å². The second-order valence-corrected chi connectivity index (χ2v) is 5.53. The van der Waals surface area contributed by atoms with E-state index < -0.39 is 12.1 Å². The Morgan fingerprint density at radius 2 is 2.00 bits per heavy atom. The number of rotatable bonds is 1. The maximum atomic E-state index is 12.6. The van der Waals surface area contributed by atoms with Crippen LogP contribution >= 0.6 is 0 Å². The van der Waals surface area contributed by atoms with Crippen molar-refractivity contribution in [2.24, 2.45) is 13.0 Å². The monoisotopic (exact) mass is 297 g/mol. The Labute approximate surface area is 118 Å². The van der Waals surface area contributed by atoms with Crippen LogP contribution in [0.5, 0.6) is 0 Å². The van der Waals surface area contributed by atoms with Crippen molar-refractivity contribution >= 4 is 11.0 Å². The number of aromatic nitrogens is 3. The first-order valence-corrected chi connectivity index (χ1v) is 6.68. The number of halogens is 3. The van der Waals surface area contributed by atoms with Crippen LogP contribution in [-0.2, 0) is 7.05 Å². The molecule has 0 atom stereocenters. The summed E-state index contributed by atoms with van der Waals surface area (Å²) in [6, 6.07) is 1.64. The molecule has 1 aliphatic rings. The number of nitrogens with zero attached hydrogens (tertiary/aromatic N) is 3. The summed E-state index contributed by atoms with van der Waals surface area (Å²) in [6.07, 6.45) is -2.59. The van der Waals surface area contributed by atoms with Crippen LogP contribution in [0.15, 0.2) is 17.1 Å². The molecule has 7 heteroatoms. The predicted molar refractivity (Wildman–Crippen MR) is 71.0 cm³/mol. The fourth-order valence-electron chi connectivity index (χ4n) is 2.79. The predicted octanol–water partition coefficient (Wildman–Crippen LogP) is 2.69. The van der Waals surface area contributed by atoms with Crippen LogP contribution in [0.2, 0.25) is 0 Å². The molecular weight excluding hydrogens is 283 g/mol. The van der Waals surface area contributed by atoms with Gasteiger partial charge in [0.25, 0.3) is 5.56 Å². The molecule has 1 fully saturated rings. The molecule has 0 spiro atoms. The van der Waals surface area contributed by atoms with E-state index in [2.05, 4.69) is 9.97 Å². The molecule has 0 aliphatic heterocycles. The lowest BCUT2D eigenvalue weighted by atomic mass is 9.70. The lowest BCUT2D eigenvalue weighted by Crippen LogP contribution is -2.35. The molecule has 1 aliphatic carbocycles. The van der Waals surface area contributed by atoms with E-state index >= 15 is 0 Å². The van der Waals surface area contributed by atoms with Gasteiger partial charge in [-0.1, -0.05) is 0 Å². The minimum Gasteiger partial charge on any atom is -0.299 e. The molecule has 0 amide bonds. The molecule has 2 aromatic heterocycles. The minimum absolute atomic E-state index is 0.0274. The van der Waals surface area contributed by atoms with Gasteiger partial charge in [0, 0.05) is 13.2 Å². The van der Waals surface area contributed by atoms with Crippen molar-refractivity contribution in [2.45, 2.75) is 31.9 Å². The van der Waals surface area contributed by atoms with Gasteiger partial charge in [-0.2, -0.15) is 13.2 Å². The van der Waals surface area contributed by atoms with Crippen molar-refractivity contribution in [1.82, 2.24) is 14.5 Å². The molecule has 3 rings (SSSR count). The van der Waals surface area contributed by atoms with E-state index in [1.54, 1.807) is 20.0 Å². The summed E-state index contributed by atoms with van der Waals surface area (Å²) in [7, 11) is 1.60. The standard InChI is InChI=1S/C14H14F3N3O/c1-7-19-12-11(13(21)20(7)2)10(3-4-18-12)8-5-9(6-8)14(15,16)17/h3-4,8-9H,5-6H2,1-2H3. The molecule has 0 N–H and O–H groups in total. The van der Waals surface area contributed by atoms with E-state index in [9.17, 15) is 18.0 Å². The number of hydrogen-bond donors (Lipinski definition) is 0. The average Bonchev–Trinajstić information content (AvgIpc) is 2.32. The summed E-state index contributed by atoms with van der Waals surface area (Å²) in [5.41, 5.74) is 0.688. The van der Waals surface area contributed by atoms with Gasteiger partial charge in [0.15, 0.2) is 5.65 Å². The van der Waals surface area contributed by atoms with Crippen molar-refractivity contribution in [3.8, 4) is 0 Å². The van der Waals surface area contributed by atoms with Crippen LogP contribution < -0.4 is 5.56 Å². The highest BCUT2D eigenvalue weighted by Gasteiger charge is 2.48. The topological polar surface area (TPSA) is 47.8 Å². The molecule has 112 valence electrons. The van der Waals surface area contributed by atoms with Crippen LogP contribution in [0.4, 0.5) is 13.2 Å². The van der Waals surface area contributed by atoms with E-state index in [-0.39, 0.29) is 24.3 Å². The molecule has 21 heavy (non-hydrogen) atoms. The largest absolute Gasteiger partial charge is 0.391 e. The molecule has 2 heterocycles. The highest BCUT2D eigenvalue weighted by molar-refractivity contribution is 5.78. The number of pyridine rings is 1. The lowest BCUT2D eigenvalue weighted by molar-refractivity contribution is -0.197. The Morgan fingerprint density at radius 3 is 2.62 bits per heavy atom. The van der Waals surface area contributed by atoms with Crippen LogP contribution in [0, 0.1) is 12.8 Å². The third kappa shape index (κ3) is 2.20. The maximum Gasteiger partial charge on any atom is 0.391 e. The Hall–Kier alpha value is -1.92. The quantitative estimate of drug-likeness (QED) is 0.813. The summed E-state index contributed by atoms with van der Waals surface area (Å²) < 4.78 is 39.2. The normalized spacial score (nSPS) is 22.3. The summed E-state index contributed by atoms with van der Waals surface area (Å²) in [6.45, 7) is 1.69. The first kappa shape index (κ1) is 14.0. The molecule has 0 radical (unpaired) electrons. The fraction of sp³-hybridized carbons (Fsp3) is 0.500. The molecule has 0 unspecified atom stereocenters. The Bertz CT molecular complexity index is 760. The fourth-order valence-corrected chi connectivity index (χ4v) is 2.79. The van der Waals surface area contributed by atoms with Crippen LogP contribution in [0.1, 0.15) is 30.1 Å². The molecule has 4 nitrogen and oxygen atoms in total. The smallest absolute Gasteiger partial charge is 0.299 e. The summed E-state index contributed by atoms with van der Waals surface area (Å²) in [5.74, 6) is -0.994. The van der Waals surface area contributed by atoms with E-state index in [1.165, 1.54) is 10.8 Å². The minimum atomic E-state index is -4.15. The third-order valence-corrected chi connectivity index (χ3v) is 4.28. The Morgan fingerprint density at radius 1 is 1.33 bits per heavy atom. The molecule has 0 saturated heterocycles. The van der Waals surface area contributed by atoms with Gasteiger partial charge in [0.05, 0.1) is 11.3 Å². The number of fused-ring (bicyclic) bond motifs is 1. The highest BCUT2D eigenvalue weighted by atomic mass is 19.4. The van der Waals surface area contributed by atoms with Gasteiger partial charge in [0.2, 0.25) is 0 Å². The number of aryl methyl sites for hydroxylation is 1. The Balaban J connectivity index is 2.06. The van der Waals surface area contributed by atoms with Gasteiger partial charge in [-0.3, -0.25) is 9.36 Å². The van der Waals surface area contributed by atoms with Crippen molar-refractivity contribution in [1.29, 1.82) is 0 Å². The second kappa shape index (κ2) is 4.54. The summed E-state index contributed by atoms with van der Waals surface area (Å²) in [5, 5.41) is 0.344. The molecule has 2 aromatic rings. The molecule has 0 aromatic carbocycles. The lowest BCUT2D eigenvalue weighted by Gasteiger charge is -2.37. The summed E-state index contributed by atoms with van der Waals surface area (Å²) >= 11 is 0. The van der Waals surface area contributed by atoms with Crippen LogP contribution in [-0.4, -0.2) is 20.7 Å². The van der Waals surface area contributed by atoms with Crippen molar-refractivity contribution in [3.05, 3.63) is 34.0 Å². The van der Waals surface area contributed by atoms with Gasteiger partial charge < -0.3 is 0 Å². The van der Waals surface area contributed by atoms with Crippen molar-refractivity contribution in [3.63, 3.8) is 0 Å². The van der Waals surface area contributed by atoms with Crippen LogP contribution in [0.3, 0.4) is 0 Å². The molecular formula is C14H14F3N3O. The van der Waals surface area contributed by atoms with Gasteiger partial charge in [-0.05, 0) is 37.3 Å². The number of hydrogen-bond acceptors (Lipinski definition) is 3. The molecule has 1 saturated carbocycles. The van der Waals surface area contributed by atoms with E-state index in [0.717, 1.165) is 0 Å². The first-order chi connectivity index (χ1) is 9.79. The number of alkyl halides is 3. The van der Waals surface area contributed by atoms with E-state index in [1.807, 2.05) is 0 Å². The summed E-state index contributed by atoms with van der Waals surface area (Å²) in [4.78, 5) is 20.7. The SMILES string of the molecule is Cc1nc2nccc(C3CC(C(F)(F)F)C3)c2c(=O)n1C. The van der Waals surface area contributed by atoms with Crippen molar-refractivity contribution in [2.75, 3.05) is 0 Å². The van der Waals surface area contributed by atoms with E-state index in [4.69, 9.17) is 0 Å². The zero-order valence-corrected chi connectivity index (χ0v) is 11.6. The zero-order chi connectivity index (χ0) is 15.4. The molecule has 0 bridgehead atoms. The van der Waals surface area contributed by atoms with Gasteiger partial charge in [0.1, 0.15) is 5.82 Å². The maximum absolute atomic E-state index is 12.6.